The van der Waals surface area contributed by atoms with E-state index >= 15 is 0 Å². The van der Waals surface area contributed by atoms with Gasteiger partial charge in [0.05, 0.1) is 12.0 Å². The fraction of sp³-hybridized carbons (Fsp3) is 0.571. The summed E-state index contributed by atoms with van der Waals surface area (Å²) in [6.07, 6.45) is 1.00. The van der Waals surface area contributed by atoms with E-state index in [1.54, 1.807) is 12.1 Å². The lowest BCUT2D eigenvalue weighted by atomic mass is 10.1. The first-order valence-corrected chi connectivity index (χ1v) is 8.31. The molecule has 7 heteroatoms. The third-order valence-corrected chi connectivity index (χ3v) is 4.57. The second-order valence-corrected chi connectivity index (χ2v) is 6.74. The Balaban J connectivity index is 2.86. The summed E-state index contributed by atoms with van der Waals surface area (Å²) in [5.41, 5.74) is 0.553. The van der Waals surface area contributed by atoms with Crippen LogP contribution in [-0.2, 0) is 16.4 Å². The molecular formula is C14H24N2O4S. The molecular weight excluding hydrogens is 292 g/mol. The van der Waals surface area contributed by atoms with E-state index in [1.807, 2.05) is 19.0 Å². The van der Waals surface area contributed by atoms with E-state index in [0.717, 1.165) is 13.0 Å². The maximum absolute atomic E-state index is 12.3. The monoisotopic (exact) mass is 316 g/mol. The molecule has 0 radical (unpaired) electrons. The van der Waals surface area contributed by atoms with Crippen LogP contribution in [0.25, 0.3) is 0 Å². The molecule has 1 aromatic carbocycles. The zero-order valence-corrected chi connectivity index (χ0v) is 13.6. The van der Waals surface area contributed by atoms with Crippen LogP contribution < -0.4 is 9.46 Å². The summed E-state index contributed by atoms with van der Waals surface area (Å²) in [5, 5.41) is 9.09. The number of benzene rings is 1. The first kappa shape index (κ1) is 17.9. The first-order valence-electron chi connectivity index (χ1n) is 6.83. The molecule has 0 amide bonds. The average Bonchev–Trinajstić information content (AvgIpc) is 2.43. The van der Waals surface area contributed by atoms with Crippen LogP contribution in [0, 0.1) is 0 Å². The minimum Gasteiger partial charge on any atom is -0.497 e. The fourth-order valence-corrected chi connectivity index (χ4v) is 3.26. The Bertz CT molecular complexity index is 544. The van der Waals surface area contributed by atoms with E-state index in [0.29, 0.717) is 17.9 Å². The molecule has 0 fully saturated rings. The Kier molecular flexibility index (Phi) is 7.10. The number of nitrogens with one attached hydrogen (secondary N) is 1. The van der Waals surface area contributed by atoms with Crippen LogP contribution >= 0.6 is 0 Å². The molecule has 0 spiro atoms. The maximum Gasteiger partial charge on any atom is 0.240 e. The zero-order chi connectivity index (χ0) is 15.9. The normalized spacial score (nSPS) is 11.9. The third-order valence-electron chi connectivity index (χ3n) is 3.01. The van der Waals surface area contributed by atoms with E-state index in [4.69, 9.17) is 9.84 Å². The van der Waals surface area contributed by atoms with Gasteiger partial charge in [0.25, 0.3) is 0 Å². The highest BCUT2D eigenvalue weighted by Gasteiger charge is 2.18. The van der Waals surface area contributed by atoms with Gasteiger partial charge >= 0.3 is 0 Å². The quantitative estimate of drug-likeness (QED) is 0.647. The second kappa shape index (κ2) is 8.33. The van der Waals surface area contributed by atoms with E-state index in [9.17, 15) is 8.42 Å². The number of rotatable bonds is 9. The lowest BCUT2D eigenvalue weighted by Crippen LogP contribution is -2.28. The largest absolute Gasteiger partial charge is 0.497 e. The standard InChI is InChI=1S/C14H24N2O4S/c1-16(2)9-4-8-15-21(18,19)14-6-5-13(20-3)11-12(14)7-10-17/h5-6,11,15,17H,4,7-10H2,1-3H3. The number of methoxy groups -OCH3 is 1. The Labute approximate surface area is 126 Å². The van der Waals surface area contributed by atoms with Crippen molar-refractivity contribution < 1.29 is 18.3 Å². The SMILES string of the molecule is COc1ccc(S(=O)(=O)NCCCN(C)C)c(CCO)c1. The number of hydrogen-bond acceptors (Lipinski definition) is 5. The fourth-order valence-electron chi connectivity index (χ4n) is 1.94. The van der Waals surface area contributed by atoms with Crippen LogP contribution in [0.5, 0.6) is 5.75 Å². The number of ether oxygens (including phenoxy) is 1. The molecule has 0 aliphatic rings. The lowest BCUT2D eigenvalue weighted by molar-refractivity contribution is 0.298. The predicted molar refractivity (Wildman–Crippen MR) is 82.1 cm³/mol. The molecule has 0 saturated heterocycles. The van der Waals surface area contributed by atoms with Gasteiger partial charge in [-0.1, -0.05) is 0 Å². The molecule has 0 bridgehead atoms. The van der Waals surface area contributed by atoms with Gasteiger partial charge < -0.3 is 14.7 Å². The molecule has 21 heavy (non-hydrogen) atoms. The van der Waals surface area contributed by atoms with Crippen molar-refractivity contribution in [2.24, 2.45) is 0 Å². The van der Waals surface area contributed by atoms with Gasteiger partial charge in [0, 0.05) is 13.2 Å². The minimum atomic E-state index is -3.57. The summed E-state index contributed by atoms with van der Waals surface area (Å²) < 4.78 is 32.3. The number of hydrogen-bond donors (Lipinski definition) is 2. The Morgan fingerprint density at radius 2 is 2.05 bits per heavy atom. The summed E-state index contributed by atoms with van der Waals surface area (Å²) in [5.74, 6) is 0.574. The highest BCUT2D eigenvalue weighted by molar-refractivity contribution is 7.89. The van der Waals surface area contributed by atoms with Crippen LogP contribution in [0.2, 0.25) is 0 Å². The molecule has 0 saturated carbocycles. The number of sulfonamides is 1. The van der Waals surface area contributed by atoms with Crippen molar-refractivity contribution >= 4 is 10.0 Å². The van der Waals surface area contributed by atoms with Crippen molar-refractivity contribution in [1.29, 1.82) is 0 Å². The summed E-state index contributed by atoms with van der Waals surface area (Å²) in [6.45, 7) is 1.08. The van der Waals surface area contributed by atoms with Crippen molar-refractivity contribution in [3.8, 4) is 5.75 Å². The number of aliphatic hydroxyl groups excluding tert-OH is 1. The maximum atomic E-state index is 12.3. The van der Waals surface area contributed by atoms with Gasteiger partial charge in [0.15, 0.2) is 0 Å². The van der Waals surface area contributed by atoms with Crippen molar-refractivity contribution in [3.63, 3.8) is 0 Å². The Morgan fingerprint density at radius 3 is 2.62 bits per heavy atom. The summed E-state index contributed by atoms with van der Waals surface area (Å²) >= 11 is 0. The molecule has 1 rings (SSSR count). The second-order valence-electron chi connectivity index (χ2n) is 5.00. The van der Waals surface area contributed by atoms with Crippen molar-refractivity contribution in [1.82, 2.24) is 9.62 Å². The molecule has 120 valence electrons. The van der Waals surface area contributed by atoms with Crippen LogP contribution in [0.1, 0.15) is 12.0 Å². The van der Waals surface area contributed by atoms with Gasteiger partial charge in [-0.05, 0) is 57.2 Å². The Hall–Kier alpha value is -1.15. The summed E-state index contributed by atoms with van der Waals surface area (Å²) in [6, 6.07) is 4.76. The molecule has 2 N–H and O–H groups in total. The third kappa shape index (κ3) is 5.62. The lowest BCUT2D eigenvalue weighted by Gasteiger charge is -2.13. The van der Waals surface area contributed by atoms with Crippen LogP contribution in [0.3, 0.4) is 0 Å². The predicted octanol–water partition coefficient (Wildman–Crippen LogP) is 0.460. The zero-order valence-electron chi connectivity index (χ0n) is 12.8. The molecule has 0 atom stereocenters. The first-order chi connectivity index (χ1) is 9.90. The van der Waals surface area contributed by atoms with Gasteiger partial charge in [0.1, 0.15) is 5.75 Å². The van der Waals surface area contributed by atoms with Gasteiger partial charge in [0.2, 0.25) is 10.0 Å². The van der Waals surface area contributed by atoms with Gasteiger partial charge in [-0.2, -0.15) is 0 Å². The van der Waals surface area contributed by atoms with Crippen LogP contribution in [0.4, 0.5) is 0 Å². The van der Waals surface area contributed by atoms with Gasteiger partial charge in [-0.25, -0.2) is 13.1 Å². The molecule has 1 aromatic rings. The van der Waals surface area contributed by atoms with Gasteiger partial charge in [-0.3, -0.25) is 0 Å². The minimum absolute atomic E-state index is 0.115. The van der Waals surface area contributed by atoms with Crippen LogP contribution in [0.15, 0.2) is 23.1 Å². The van der Waals surface area contributed by atoms with E-state index in [1.165, 1.54) is 13.2 Å². The highest BCUT2D eigenvalue weighted by Crippen LogP contribution is 2.22. The molecule has 0 aliphatic heterocycles. The number of nitrogens with zero attached hydrogens (tertiary/aromatic N) is 1. The summed E-state index contributed by atoms with van der Waals surface area (Å²) in [4.78, 5) is 2.20. The van der Waals surface area contributed by atoms with Crippen molar-refractivity contribution in [2.75, 3.05) is 40.9 Å². The number of aliphatic hydroxyl groups is 1. The average molecular weight is 316 g/mol. The molecule has 0 heterocycles. The topological polar surface area (TPSA) is 78.9 Å². The molecule has 0 unspecified atom stereocenters. The Morgan fingerprint density at radius 1 is 1.33 bits per heavy atom. The van der Waals surface area contributed by atoms with E-state index in [-0.39, 0.29) is 17.9 Å². The van der Waals surface area contributed by atoms with Crippen LogP contribution in [-0.4, -0.2) is 59.3 Å². The molecule has 0 aromatic heterocycles. The molecule has 6 nitrogen and oxygen atoms in total. The van der Waals surface area contributed by atoms with Crippen molar-refractivity contribution in [3.05, 3.63) is 23.8 Å². The molecule has 0 aliphatic carbocycles. The highest BCUT2D eigenvalue weighted by atomic mass is 32.2. The van der Waals surface area contributed by atoms with Crippen molar-refractivity contribution in [2.45, 2.75) is 17.7 Å². The summed E-state index contributed by atoms with van der Waals surface area (Å²) in [7, 11) is 1.83. The smallest absolute Gasteiger partial charge is 0.240 e. The van der Waals surface area contributed by atoms with Gasteiger partial charge in [-0.15, -0.1) is 0 Å². The van der Waals surface area contributed by atoms with E-state index < -0.39 is 10.0 Å². The van der Waals surface area contributed by atoms with E-state index in [2.05, 4.69) is 4.72 Å².